The number of hydrogen-bond acceptors (Lipinski definition) is 7. The molecule has 0 radical (unpaired) electrons. The highest BCUT2D eigenvalue weighted by molar-refractivity contribution is 5.96. The van der Waals surface area contributed by atoms with E-state index in [-0.39, 0.29) is 44.1 Å². The molecule has 0 unspecified atom stereocenters. The van der Waals surface area contributed by atoms with E-state index in [0.29, 0.717) is 25.2 Å². The number of anilines is 1. The number of pyridine rings is 1. The number of nitrogens with one attached hydrogen (secondary N) is 4. The molecule has 2 bridgehead atoms. The summed E-state index contributed by atoms with van der Waals surface area (Å²) in [7, 11) is 0. The third-order valence-corrected chi connectivity index (χ3v) is 5.67. The molecule has 5 N–H and O–H groups in total. The van der Waals surface area contributed by atoms with E-state index in [1.54, 1.807) is 12.1 Å². The Balaban J connectivity index is 1.78. The third kappa shape index (κ3) is 8.35. The van der Waals surface area contributed by atoms with Crippen molar-refractivity contribution in [2.24, 2.45) is 0 Å². The van der Waals surface area contributed by atoms with Crippen molar-refractivity contribution < 1.29 is 24.3 Å². The zero-order valence-electron chi connectivity index (χ0n) is 20.0. The quantitative estimate of drug-likeness (QED) is 0.390. The minimum atomic E-state index is -0.871. The van der Waals surface area contributed by atoms with E-state index in [4.69, 9.17) is 0 Å². The maximum absolute atomic E-state index is 13.1. The van der Waals surface area contributed by atoms with Crippen LogP contribution in [0, 0.1) is 0 Å². The molecule has 1 aliphatic rings. The van der Waals surface area contributed by atoms with Crippen molar-refractivity contribution in [1.29, 1.82) is 0 Å². The summed E-state index contributed by atoms with van der Waals surface area (Å²) in [4.78, 5) is 55.8. The molecule has 1 aromatic carbocycles. The van der Waals surface area contributed by atoms with Crippen LogP contribution in [0.3, 0.4) is 0 Å². The lowest BCUT2D eigenvalue weighted by atomic mass is 10.0. The third-order valence-electron chi connectivity index (χ3n) is 5.67. The largest absolute Gasteiger partial charge is 0.387 e. The van der Waals surface area contributed by atoms with Crippen molar-refractivity contribution >= 4 is 29.3 Å². The maximum atomic E-state index is 13.1. The van der Waals surface area contributed by atoms with Crippen molar-refractivity contribution in [3.63, 3.8) is 0 Å². The first-order valence-electron chi connectivity index (χ1n) is 11.9. The first kappa shape index (κ1) is 26.6. The summed E-state index contributed by atoms with van der Waals surface area (Å²) in [6.07, 6.45) is 2.40. The lowest BCUT2D eigenvalue weighted by Gasteiger charge is -2.23. The molecule has 1 aromatic heterocycles. The van der Waals surface area contributed by atoms with Crippen molar-refractivity contribution in [3.8, 4) is 0 Å². The fourth-order valence-corrected chi connectivity index (χ4v) is 3.78. The molecular weight excluding hydrogens is 464 g/mol. The molecule has 2 aromatic rings. The number of aliphatic hydroxyl groups excluding tert-OH is 1. The average molecular weight is 497 g/mol. The SMILES string of the molecule is O=C1CCCN(C(=O)CO)CCNC(=O)[C@H](Cc2ccccc2)NC(=O)c2cc(ccn2)NCCN1. The molecule has 0 aliphatic carbocycles. The van der Waals surface area contributed by atoms with E-state index in [9.17, 15) is 24.3 Å². The van der Waals surface area contributed by atoms with Crippen LogP contribution in [-0.4, -0.2) is 84.0 Å². The topological polar surface area (TPSA) is 153 Å². The zero-order chi connectivity index (χ0) is 25.8. The van der Waals surface area contributed by atoms with Gasteiger partial charge in [-0.1, -0.05) is 30.3 Å². The normalized spacial score (nSPS) is 18.4. The molecule has 36 heavy (non-hydrogen) atoms. The Morgan fingerprint density at radius 3 is 2.56 bits per heavy atom. The lowest BCUT2D eigenvalue weighted by molar-refractivity contribution is -0.135. The minimum absolute atomic E-state index is 0.121. The van der Waals surface area contributed by atoms with E-state index in [1.165, 1.54) is 11.1 Å². The number of carbonyl (C=O) groups is 4. The van der Waals surface area contributed by atoms with Crippen LogP contribution in [0.15, 0.2) is 48.7 Å². The molecule has 11 nitrogen and oxygen atoms in total. The standard InChI is InChI=1S/C25H32N6O5/c32-17-23(34)31-13-4-7-22(33)28-11-10-26-19-8-9-27-20(16-19)25(36)30-21(24(35)29-12-14-31)15-18-5-2-1-3-6-18/h1-3,5-6,8-9,16,21,26,32H,4,7,10-15,17H2,(H,28,33)(H,29,35)(H,30,36)/t21-/m0/s1. The number of aromatic nitrogens is 1. The predicted molar refractivity (Wildman–Crippen MR) is 133 cm³/mol. The van der Waals surface area contributed by atoms with E-state index >= 15 is 0 Å². The molecule has 192 valence electrons. The van der Waals surface area contributed by atoms with Gasteiger partial charge in [0.25, 0.3) is 5.91 Å². The number of rotatable bonds is 3. The summed E-state index contributed by atoms with van der Waals surface area (Å²) in [6.45, 7) is 0.693. The minimum Gasteiger partial charge on any atom is -0.387 e. The molecule has 0 spiro atoms. The summed E-state index contributed by atoms with van der Waals surface area (Å²) in [6, 6.07) is 11.7. The van der Waals surface area contributed by atoms with E-state index in [0.717, 1.165) is 5.56 Å². The second-order valence-electron chi connectivity index (χ2n) is 8.36. The van der Waals surface area contributed by atoms with Crippen molar-refractivity contribution in [1.82, 2.24) is 25.8 Å². The van der Waals surface area contributed by atoms with Gasteiger partial charge in [0.2, 0.25) is 17.7 Å². The molecule has 3 rings (SSSR count). The predicted octanol–water partition coefficient (Wildman–Crippen LogP) is -0.318. The Bertz CT molecular complexity index is 1050. The van der Waals surface area contributed by atoms with Crippen LogP contribution in [0.4, 0.5) is 5.69 Å². The Morgan fingerprint density at radius 2 is 1.78 bits per heavy atom. The van der Waals surface area contributed by atoms with Crippen LogP contribution in [0.2, 0.25) is 0 Å². The highest BCUT2D eigenvalue weighted by atomic mass is 16.3. The van der Waals surface area contributed by atoms with Crippen LogP contribution < -0.4 is 21.3 Å². The second-order valence-corrected chi connectivity index (χ2v) is 8.36. The number of nitrogens with zero attached hydrogens (tertiary/aromatic N) is 2. The van der Waals surface area contributed by atoms with Crippen LogP contribution >= 0.6 is 0 Å². The molecule has 0 saturated carbocycles. The lowest BCUT2D eigenvalue weighted by Crippen LogP contribution is -2.50. The fourth-order valence-electron chi connectivity index (χ4n) is 3.78. The maximum Gasteiger partial charge on any atom is 0.270 e. The van der Waals surface area contributed by atoms with Gasteiger partial charge in [0.05, 0.1) is 0 Å². The smallest absolute Gasteiger partial charge is 0.270 e. The first-order valence-corrected chi connectivity index (χ1v) is 11.9. The van der Waals surface area contributed by atoms with Gasteiger partial charge in [-0.2, -0.15) is 0 Å². The summed E-state index contributed by atoms with van der Waals surface area (Å²) < 4.78 is 0. The number of aliphatic hydroxyl groups is 1. The second kappa shape index (κ2) is 13.8. The van der Waals surface area contributed by atoms with Gasteiger partial charge in [-0.05, 0) is 24.1 Å². The van der Waals surface area contributed by atoms with E-state index < -0.39 is 30.4 Å². The van der Waals surface area contributed by atoms with Gasteiger partial charge in [-0.25, -0.2) is 0 Å². The van der Waals surface area contributed by atoms with Crippen molar-refractivity contribution in [2.45, 2.75) is 25.3 Å². The molecule has 0 saturated heterocycles. The number of amides is 4. The molecule has 1 aliphatic heterocycles. The van der Waals surface area contributed by atoms with Crippen LogP contribution in [0.5, 0.6) is 0 Å². The van der Waals surface area contributed by atoms with Gasteiger partial charge in [0, 0.05) is 57.4 Å². The summed E-state index contributed by atoms with van der Waals surface area (Å²) in [5.74, 6) is -1.55. The summed E-state index contributed by atoms with van der Waals surface area (Å²) in [5, 5.41) is 20.8. The Morgan fingerprint density at radius 1 is 1.00 bits per heavy atom. The zero-order valence-corrected chi connectivity index (χ0v) is 20.0. The first-order chi connectivity index (χ1) is 17.5. The molecule has 1 atom stereocenters. The van der Waals surface area contributed by atoms with Gasteiger partial charge < -0.3 is 31.3 Å². The molecule has 11 heteroatoms. The van der Waals surface area contributed by atoms with E-state index in [1.807, 2.05) is 30.3 Å². The summed E-state index contributed by atoms with van der Waals surface area (Å²) >= 11 is 0. The molecule has 2 heterocycles. The van der Waals surface area contributed by atoms with Gasteiger partial charge in [-0.3, -0.25) is 24.2 Å². The van der Waals surface area contributed by atoms with Crippen molar-refractivity contribution in [2.75, 3.05) is 44.6 Å². The van der Waals surface area contributed by atoms with Gasteiger partial charge in [0.1, 0.15) is 18.3 Å². The number of benzene rings is 1. The average Bonchev–Trinajstić information content (AvgIpc) is 2.89. The molecular formula is C25H32N6O5. The van der Waals surface area contributed by atoms with E-state index in [2.05, 4.69) is 26.3 Å². The van der Waals surface area contributed by atoms with Crippen LogP contribution in [0.25, 0.3) is 0 Å². The van der Waals surface area contributed by atoms with Crippen molar-refractivity contribution in [3.05, 3.63) is 59.9 Å². The monoisotopic (exact) mass is 496 g/mol. The molecule has 0 fully saturated rings. The molecule has 4 amide bonds. The highest BCUT2D eigenvalue weighted by Crippen LogP contribution is 2.09. The highest BCUT2D eigenvalue weighted by Gasteiger charge is 2.23. The number of carbonyl (C=O) groups excluding carboxylic acids is 4. The van der Waals surface area contributed by atoms with Crippen LogP contribution in [-0.2, 0) is 20.8 Å². The Kier molecular flexibility index (Phi) is 10.2. The van der Waals surface area contributed by atoms with Crippen LogP contribution in [0.1, 0.15) is 28.9 Å². The van der Waals surface area contributed by atoms with Gasteiger partial charge >= 0.3 is 0 Å². The Hall–Kier alpha value is -3.99. The fraction of sp³-hybridized carbons (Fsp3) is 0.400. The van der Waals surface area contributed by atoms with Gasteiger partial charge in [0.15, 0.2) is 0 Å². The number of hydrogen-bond donors (Lipinski definition) is 5. The van der Waals surface area contributed by atoms with Gasteiger partial charge in [-0.15, -0.1) is 0 Å². The Labute approximate surface area is 209 Å². The number of fused-ring (bicyclic) bond motifs is 2. The summed E-state index contributed by atoms with van der Waals surface area (Å²) in [5.41, 5.74) is 1.67.